The SMILES string of the molecule is CCn1nc(C)c2ncnc(NCc3c(C)nn(C)c3C)c21. The minimum atomic E-state index is 0.686. The summed E-state index contributed by atoms with van der Waals surface area (Å²) < 4.78 is 3.85. The van der Waals surface area contributed by atoms with Gasteiger partial charge >= 0.3 is 0 Å². The van der Waals surface area contributed by atoms with Gasteiger partial charge in [-0.15, -0.1) is 0 Å². The highest BCUT2D eigenvalue weighted by molar-refractivity contribution is 5.87. The maximum absolute atomic E-state index is 4.52. The molecule has 0 aliphatic heterocycles. The van der Waals surface area contributed by atoms with Crippen LogP contribution >= 0.6 is 0 Å². The molecule has 0 amide bonds. The van der Waals surface area contributed by atoms with Gasteiger partial charge in [0.25, 0.3) is 0 Å². The van der Waals surface area contributed by atoms with E-state index >= 15 is 0 Å². The van der Waals surface area contributed by atoms with E-state index < -0.39 is 0 Å². The number of nitrogens with zero attached hydrogens (tertiary/aromatic N) is 6. The molecule has 116 valence electrons. The molecule has 7 nitrogen and oxygen atoms in total. The number of aromatic nitrogens is 6. The first-order valence-corrected chi connectivity index (χ1v) is 7.44. The molecule has 0 saturated heterocycles. The molecule has 0 radical (unpaired) electrons. The molecule has 0 aliphatic rings. The predicted octanol–water partition coefficient (Wildman–Crippen LogP) is 2.12. The largest absolute Gasteiger partial charge is 0.364 e. The van der Waals surface area contributed by atoms with Crippen molar-refractivity contribution in [3.63, 3.8) is 0 Å². The third-order valence-corrected chi connectivity index (χ3v) is 4.08. The number of hydrogen-bond acceptors (Lipinski definition) is 5. The fourth-order valence-corrected chi connectivity index (χ4v) is 2.77. The van der Waals surface area contributed by atoms with Crippen molar-refractivity contribution in [1.29, 1.82) is 0 Å². The molecule has 3 aromatic heterocycles. The van der Waals surface area contributed by atoms with Crippen LogP contribution in [0.15, 0.2) is 6.33 Å². The van der Waals surface area contributed by atoms with Crippen molar-refractivity contribution in [1.82, 2.24) is 29.5 Å². The van der Waals surface area contributed by atoms with Crippen molar-refractivity contribution in [3.05, 3.63) is 29.0 Å². The van der Waals surface area contributed by atoms with Crippen molar-refractivity contribution in [2.45, 2.75) is 40.8 Å². The van der Waals surface area contributed by atoms with Gasteiger partial charge in [-0.25, -0.2) is 9.97 Å². The van der Waals surface area contributed by atoms with E-state index in [2.05, 4.69) is 39.3 Å². The van der Waals surface area contributed by atoms with Crippen LogP contribution in [-0.4, -0.2) is 29.5 Å². The summed E-state index contributed by atoms with van der Waals surface area (Å²) in [6, 6.07) is 0. The molecule has 0 spiro atoms. The lowest BCUT2D eigenvalue weighted by atomic mass is 10.2. The van der Waals surface area contributed by atoms with Gasteiger partial charge in [-0.05, 0) is 27.7 Å². The lowest BCUT2D eigenvalue weighted by molar-refractivity contribution is 0.675. The number of fused-ring (bicyclic) bond motifs is 1. The van der Waals surface area contributed by atoms with Crippen LogP contribution in [0.1, 0.15) is 29.6 Å². The van der Waals surface area contributed by atoms with Gasteiger partial charge in [0.05, 0.1) is 11.4 Å². The average molecular weight is 299 g/mol. The van der Waals surface area contributed by atoms with Crippen LogP contribution in [0, 0.1) is 20.8 Å². The third kappa shape index (κ3) is 2.22. The highest BCUT2D eigenvalue weighted by atomic mass is 15.3. The molecule has 22 heavy (non-hydrogen) atoms. The van der Waals surface area contributed by atoms with Crippen LogP contribution < -0.4 is 5.32 Å². The summed E-state index contributed by atoms with van der Waals surface area (Å²) in [6.07, 6.45) is 1.59. The van der Waals surface area contributed by atoms with E-state index in [9.17, 15) is 0 Å². The summed E-state index contributed by atoms with van der Waals surface area (Å²) in [5.41, 5.74) is 6.19. The van der Waals surface area contributed by atoms with E-state index in [0.29, 0.717) is 6.54 Å². The molecule has 3 heterocycles. The molecular formula is C15H21N7. The third-order valence-electron chi connectivity index (χ3n) is 4.08. The molecule has 0 bridgehead atoms. The van der Waals surface area contributed by atoms with E-state index in [4.69, 9.17) is 0 Å². The van der Waals surface area contributed by atoms with Crippen molar-refractivity contribution in [3.8, 4) is 0 Å². The minimum Gasteiger partial charge on any atom is -0.364 e. The van der Waals surface area contributed by atoms with Crippen LogP contribution in [0.4, 0.5) is 5.82 Å². The zero-order chi connectivity index (χ0) is 15.9. The second-order valence-corrected chi connectivity index (χ2v) is 5.45. The van der Waals surface area contributed by atoms with Gasteiger partial charge in [0.15, 0.2) is 5.82 Å². The lowest BCUT2D eigenvalue weighted by Crippen LogP contribution is -2.07. The second kappa shape index (κ2) is 5.40. The van der Waals surface area contributed by atoms with Crippen LogP contribution in [-0.2, 0) is 20.1 Å². The van der Waals surface area contributed by atoms with E-state index in [1.54, 1.807) is 6.33 Å². The molecule has 3 rings (SSSR count). The minimum absolute atomic E-state index is 0.686. The lowest BCUT2D eigenvalue weighted by Gasteiger charge is -2.08. The Hall–Kier alpha value is -2.44. The summed E-state index contributed by atoms with van der Waals surface area (Å²) >= 11 is 0. The molecule has 3 aromatic rings. The van der Waals surface area contributed by atoms with Crippen LogP contribution in [0.5, 0.6) is 0 Å². The fourth-order valence-electron chi connectivity index (χ4n) is 2.77. The monoisotopic (exact) mass is 299 g/mol. The first-order valence-electron chi connectivity index (χ1n) is 7.44. The highest BCUT2D eigenvalue weighted by Gasteiger charge is 2.14. The van der Waals surface area contributed by atoms with Gasteiger partial charge < -0.3 is 5.32 Å². The van der Waals surface area contributed by atoms with Crippen LogP contribution in [0.25, 0.3) is 11.0 Å². The van der Waals surface area contributed by atoms with Gasteiger partial charge in [-0.3, -0.25) is 9.36 Å². The summed E-state index contributed by atoms with van der Waals surface area (Å²) in [5, 5.41) is 12.4. The Labute approximate surface area is 129 Å². The molecule has 1 N–H and O–H groups in total. The van der Waals surface area contributed by atoms with Crippen molar-refractivity contribution in [2.75, 3.05) is 5.32 Å². The molecule has 0 fully saturated rings. The normalized spacial score (nSPS) is 11.3. The van der Waals surface area contributed by atoms with Gasteiger partial charge in [0, 0.05) is 31.4 Å². The molecule has 0 aromatic carbocycles. The summed E-state index contributed by atoms with van der Waals surface area (Å²) in [5.74, 6) is 0.815. The zero-order valence-corrected chi connectivity index (χ0v) is 13.7. The molecule has 0 aliphatic carbocycles. The Bertz CT molecular complexity index is 828. The zero-order valence-electron chi connectivity index (χ0n) is 13.7. The van der Waals surface area contributed by atoms with E-state index in [0.717, 1.165) is 40.5 Å². The van der Waals surface area contributed by atoms with Gasteiger partial charge in [-0.1, -0.05) is 0 Å². The topological polar surface area (TPSA) is 73.5 Å². The summed E-state index contributed by atoms with van der Waals surface area (Å²) in [7, 11) is 1.96. The Morgan fingerprint density at radius 3 is 2.50 bits per heavy atom. The number of nitrogens with one attached hydrogen (secondary N) is 1. The predicted molar refractivity (Wildman–Crippen MR) is 85.7 cm³/mol. The van der Waals surface area contributed by atoms with Crippen LogP contribution in [0.3, 0.4) is 0 Å². The van der Waals surface area contributed by atoms with Gasteiger partial charge in [0.1, 0.15) is 17.4 Å². The molecule has 0 unspecified atom stereocenters. The Kier molecular flexibility index (Phi) is 3.56. The van der Waals surface area contributed by atoms with Gasteiger partial charge in [-0.2, -0.15) is 10.2 Å². The Balaban J connectivity index is 1.97. The van der Waals surface area contributed by atoms with E-state index in [-0.39, 0.29) is 0 Å². The number of aryl methyl sites for hydroxylation is 4. The summed E-state index contributed by atoms with van der Waals surface area (Å²) in [6.45, 7) is 9.62. The number of hydrogen-bond donors (Lipinski definition) is 1. The number of anilines is 1. The van der Waals surface area contributed by atoms with E-state index in [1.165, 1.54) is 5.56 Å². The quantitative estimate of drug-likeness (QED) is 0.799. The maximum Gasteiger partial charge on any atom is 0.155 e. The Morgan fingerprint density at radius 1 is 1.09 bits per heavy atom. The smallest absolute Gasteiger partial charge is 0.155 e. The first kappa shape index (κ1) is 14.5. The van der Waals surface area contributed by atoms with E-state index in [1.807, 2.05) is 30.3 Å². The Morgan fingerprint density at radius 2 is 1.86 bits per heavy atom. The fraction of sp³-hybridized carbons (Fsp3) is 0.467. The standard InChI is InChI=1S/C15H21N7/c1-6-22-14-13(10(3)20-22)17-8-18-15(14)16-7-12-9(2)19-21(5)11(12)4/h8H,6-7H2,1-5H3,(H,16,17,18). The first-order chi connectivity index (χ1) is 10.5. The molecule has 0 saturated carbocycles. The van der Waals surface area contributed by atoms with Crippen LogP contribution in [0.2, 0.25) is 0 Å². The molecule has 0 atom stereocenters. The average Bonchev–Trinajstić information content (AvgIpc) is 2.96. The summed E-state index contributed by atoms with van der Waals surface area (Å²) in [4.78, 5) is 8.75. The van der Waals surface area contributed by atoms with Crippen molar-refractivity contribution < 1.29 is 0 Å². The van der Waals surface area contributed by atoms with Crippen molar-refractivity contribution in [2.24, 2.45) is 7.05 Å². The molecule has 7 heteroatoms. The van der Waals surface area contributed by atoms with Crippen molar-refractivity contribution >= 4 is 16.9 Å². The highest BCUT2D eigenvalue weighted by Crippen LogP contribution is 2.23. The second-order valence-electron chi connectivity index (χ2n) is 5.45. The molecular weight excluding hydrogens is 278 g/mol. The number of rotatable bonds is 4. The van der Waals surface area contributed by atoms with Gasteiger partial charge in [0.2, 0.25) is 0 Å². The maximum atomic E-state index is 4.52.